The standard InChI is InChI=1S/C17H17N3O6S/c1-9-6-13(21)20-17(18-9)27-8-14(22)19-12-7-10(15(23)25-2)4-5-11(12)16(24)26-3/h4-7H,8H2,1-3H3,(H,19,22)(H,18,20,21). The number of carbonyl (C=O) groups excluding carboxylic acids is 3. The summed E-state index contributed by atoms with van der Waals surface area (Å²) in [6.07, 6.45) is 0. The molecule has 1 aromatic heterocycles. The highest BCUT2D eigenvalue weighted by Crippen LogP contribution is 2.21. The lowest BCUT2D eigenvalue weighted by molar-refractivity contribution is -0.113. The first-order valence-corrected chi connectivity index (χ1v) is 8.64. The minimum Gasteiger partial charge on any atom is -0.465 e. The van der Waals surface area contributed by atoms with Gasteiger partial charge in [0.25, 0.3) is 5.56 Å². The third-order valence-electron chi connectivity index (χ3n) is 3.31. The van der Waals surface area contributed by atoms with Gasteiger partial charge in [-0.15, -0.1) is 0 Å². The van der Waals surface area contributed by atoms with Crippen LogP contribution in [0.1, 0.15) is 26.4 Å². The number of anilines is 1. The van der Waals surface area contributed by atoms with Crippen LogP contribution < -0.4 is 10.9 Å². The fourth-order valence-electron chi connectivity index (χ4n) is 2.12. The maximum Gasteiger partial charge on any atom is 0.339 e. The average molecular weight is 391 g/mol. The largest absolute Gasteiger partial charge is 0.465 e. The van der Waals surface area contributed by atoms with Gasteiger partial charge in [-0.25, -0.2) is 14.6 Å². The quantitative estimate of drug-likeness (QED) is 0.429. The molecule has 0 spiro atoms. The number of esters is 2. The van der Waals surface area contributed by atoms with Crippen LogP contribution in [0.15, 0.2) is 34.2 Å². The summed E-state index contributed by atoms with van der Waals surface area (Å²) in [6.45, 7) is 1.67. The second kappa shape index (κ2) is 8.99. The summed E-state index contributed by atoms with van der Waals surface area (Å²) in [5.41, 5.74) is 0.578. The predicted octanol–water partition coefficient (Wildman–Crippen LogP) is 1.38. The second-order valence-electron chi connectivity index (χ2n) is 5.27. The molecule has 2 aromatic rings. The van der Waals surface area contributed by atoms with E-state index in [1.54, 1.807) is 6.92 Å². The van der Waals surface area contributed by atoms with E-state index in [4.69, 9.17) is 0 Å². The topological polar surface area (TPSA) is 127 Å². The molecule has 10 heteroatoms. The van der Waals surface area contributed by atoms with Crippen molar-refractivity contribution in [1.82, 2.24) is 9.97 Å². The molecule has 1 heterocycles. The number of benzene rings is 1. The smallest absolute Gasteiger partial charge is 0.339 e. The van der Waals surface area contributed by atoms with E-state index in [1.807, 2.05) is 0 Å². The third kappa shape index (κ3) is 5.42. The van der Waals surface area contributed by atoms with Crippen molar-refractivity contribution < 1.29 is 23.9 Å². The Morgan fingerprint density at radius 3 is 2.48 bits per heavy atom. The molecule has 9 nitrogen and oxygen atoms in total. The van der Waals surface area contributed by atoms with Crippen LogP contribution in [-0.4, -0.2) is 47.8 Å². The van der Waals surface area contributed by atoms with Gasteiger partial charge in [-0.3, -0.25) is 9.59 Å². The van der Waals surface area contributed by atoms with Crippen LogP contribution in [-0.2, 0) is 14.3 Å². The SMILES string of the molecule is COC(=O)c1ccc(C(=O)OC)c(NC(=O)CSc2nc(C)cc(=O)[nH]2)c1. The van der Waals surface area contributed by atoms with Crippen molar-refractivity contribution in [1.29, 1.82) is 0 Å². The minimum absolute atomic E-state index is 0.0740. The Morgan fingerprint density at radius 2 is 1.85 bits per heavy atom. The van der Waals surface area contributed by atoms with Gasteiger partial charge in [-0.05, 0) is 25.1 Å². The van der Waals surface area contributed by atoms with Gasteiger partial charge >= 0.3 is 11.9 Å². The lowest BCUT2D eigenvalue weighted by Crippen LogP contribution is -2.18. The number of ether oxygens (including phenoxy) is 2. The maximum absolute atomic E-state index is 12.2. The first-order valence-electron chi connectivity index (χ1n) is 7.65. The molecule has 2 N–H and O–H groups in total. The summed E-state index contributed by atoms with van der Waals surface area (Å²) in [5, 5.41) is 2.85. The summed E-state index contributed by atoms with van der Waals surface area (Å²) in [4.78, 5) is 53.9. The highest BCUT2D eigenvalue weighted by atomic mass is 32.2. The molecular weight excluding hydrogens is 374 g/mol. The highest BCUT2D eigenvalue weighted by molar-refractivity contribution is 7.99. The number of methoxy groups -OCH3 is 2. The van der Waals surface area contributed by atoms with Gasteiger partial charge in [-0.1, -0.05) is 11.8 Å². The van der Waals surface area contributed by atoms with Crippen LogP contribution in [0, 0.1) is 6.92 Å². The second-order valence-corrected chi connectivity index (χ2v) is 6.24. The summed E-state index contributed by atoms with van der Waals surface area (Å²) in [7, 11) is 2.43. The van der Waals surface area contributed by atoms with Crippen LogP contribution in [0.25, 0.3) is 0 Å². The number of nitrogens with zero attached hydrogens (tertiary/aromatic N) is 1. The van der Waals surface area contributed by atoms with Crippen LogP contribution in [0.2, 0.25) is 0 Å². The number of aryl methyl sites for hydroxylation is 1. The molecule has 0 radical (unpaired) electrons. The van der Waals surface area contributed by atoms with Crippen molar-refractivity contribution in [2.24, 2.45) is 0 Å². The molecule has 2 rings (SSSR count). The van der Waals surface area contributed by atoms with Gasteiger partial charge in [0.1, 0.15) is 0 Å². The number of amides is 1. The van der Waals surface area contributed by atoms with Crippen molar-refractivity contribution in [3.63, 3.8) is 0 Å². The molecule has 1 aromatic carbocycles. The molecule has 0 saturated carbocycles. The highest BCUT2D eigenvalue weighted by Gasteiger charge is 2.17. The summed E-state index contributed by atoms with van der Waals surface area (Å²) in [5.74, 6) is -1.82. The first-order chi connectivity index (χ1) is 12.8. The Bertz CT molecular complexity index is 941. The molecule has 0 aliphatic rings. The van der Waals surface area contributed by atoms with E-state index >= 15 is 0 Å². The summed E-state index contributed by atoms with van der Waals surface area (Å²) >= 11 is 1.02. The Labute approximate surface area is 158 Å². The van der Waals surface area contributed by atoms with E-state index in [9.17, 15) is 19.2 Å². The molecule has 0 unspecified atom stereocenters. The predicted molar refractivity (Wildman–Crippen MR) is 98.1 cm³/mol. The van der Waals surface area contributed by atoms with E-state index in [0.29, 0.717) is 10.9 Å². The van der Waals surface area contributed by atoms with Crippen molar-refractivity contribution in [2.75, 3.05) is 25.3 Å². The van der Waals surface area contributed by atoms with Gasteiger partial charge in [0.05, 0.1) is 36.8 Å². The number of H-pyrrole nitrogens is 1. The van der Waals surface area contributed by atoms with E-state index in [1.165, 1.54) is 38.5 Å². The number of rotatable bonds is 6. The van der Waals surface area contributed by atoms with E-state index < -0.39 is 17.8 Å². The Morgan fingerprint density at radius 1 is 1.15 bits per heavy atom. The molecule has 0 fully saturated rings. The zero-order chi connectivity index (χ0) is 20.0. The van der Waals surface area contributed by atoms with Crippen LogP contribution >= 0.6 is 11.8 Å². The van der Waals surface area contributed by atoms with Crippen molar-refractivity contribution in [3.8, 4) is 0 Å². The number of hydrogen-bond donors (Lipinski definition) is 2. The van der Waals surface area contributed by atoms with Crippen molar-refractivity contribution in [3.05, 3.63) is 51.4 Å². The normalized spacial score (nSPS) is 10.2. The number of nitrogens with one attached hydrogen (secondary N) is 2. The zero-order valence-corrected chi connectivity index (χ0v) is 15.6. The monoisotopic (exact) mass is 391 g/mol. The van der Waals surface area contributed by atoms with Crippen LogP contribution in [0.4, 0.5) is 5.69 Å². The molecule has 0 bridgehead atoms. The number of carbonyl (C=O) groups is 3. The van der Waals surface area contributed by atoms with Gasteiger partial charge < -0.3 is 19.8 Å². The molecule has 1 amide bonds. The molecule has 0 aliphatic carbocycles. The third-order valence-corrected chi connectivity index (χ3v) is 4.18. The van der Waals surface area contributed by atoms with E-state index in [2.05, 4.69) is 24.8 Å². The lowest BCUT2D eigenvalue weighted by Gasteiger charge is -2.11. The molecule has 0 atom stereocenters. The minimum atomic E-state index is -0.668. The van der Waals surface area contributed by atoms with Gasteiger partial charge in [-0.2, -0.15) is 0 Å². The molecule has 0 saturated heterocycles. The molecule has 27 heavy (non-hydrogen) atoms. The summed E-state index contributed by atoms with van der Waals surface area (Å²) < 4.78 is 9.32. The van der Waals surface area contributed by atoms with Crippen LogP contribution in [0.3, 0.4) is 0 Å². The summed E-state index contributed by atoms with van der Waals surface area (Å²) in [6, 6.07) is 5.42. The van der Waals surface area contributed by atoms with Gasteiger partial charge in [0, 0.05) is 11.8 Å². The first kappa shape index (κ1) is 20.2. The Kier molecular flexibility index (Phi) is 6.72. The number of aromatic amines is 1. The van der Waals surface area contributed by atoms with E-state index in [0.717, 1.165) is 11.8 Å². The molecule has 0 aliphatic heterocycles. The van der Waals surface area contributed by atoms with Gasteiger partial charge in [0.2, 0.25) is 5.91 Å². The zero-order valence-electron chi connectivity index (χ0n) is 14.8. The fourth-order valence-corrected chi connectivity index (χ4v) is 2.84. The average Bonchev–Trinajstić information content (AvgIpc) is 2.64. The fraction of sp³-hybridized carbons (Fsp3) is 0.235. The Balaban J connectivity index is 2.18. The number of hydrogen-bond acceptors (Lipinski definition) is 8. The van der Waals surface area contributed by atoms with Crippen molar-refractivity contribution in [2.45, 2.75) is 12.1 Å². The molecular formula is C17H17N3O6S. The number of aromatic nitrogens is 2. The lowest BCUT2D eigenvalue weighted by atomic mass is 10.1. The van der Waals surface area contributed by atoms with E-state index in [-0.39, 0.29) is 28.1 Å². The Hall–Kier alpha value is -3.14. The van der Waals surface area contributed by atoms with Crippen LogP contribution in [0.5, 0.6) is 0 Å². The number of thioether (sulfide) groups is 1. The van der Waals surface area contributed by atoms with Crippen molar-refractivity contribution >= 4 is 35.3 Å². The van der Waals surface area contributed by atoms with Gasteiger partial charge in [0.15, 0.2) is 5.16 Å². The maximum atomic E-state index is 12.2. The molecule has 142 valence electrons.